The van der Waals surface area contributed by atoms with Gasteiger partial charge in [-0.2, -0.15) is 0 Å². The molecule has 0 radical (unpaired) electrons. The molecule has 202 valence electrons. The average Bonchev–Trinajstić information content (AvgIpc) is 3.58. The molecule has 38 heavy (non-hydrogen) atoms. The molecule has 0 spiro atoms. The number of carbonyl (C=O) groups is 2. The van der Waals surface area contributed by atoms with Crippen LogP contribution in [0.5, 0.6) is 0 Å². The zero-order valence-electron chi connectivity index (χ0n) is 21.2. The number of fused-ring (bicyclic) bond motifs is 1. The van der Waals surface area contributed by atoms with Gasteiger partial charge in [0, 0.05) is 25.4 Å². The fraction of sp³-hybridized carbons (Fsp3) is 0.519. The van der Waals surface area contributed by atoms with Crippen molar-refractivity contribution in [3.63, 3.8) is 0 Å². The fourth-order valence-corrected chi connectivity index (χ4v) is 6.39. The van der Waals surface area contributed by atoms with E-state index in [4.69, 9.17) is 5.73 Å². The fourth-order valence-electron chi connectivity index (χ4n) is 6.39. The maximum atomic E-state index is 13.8. The van der Waals surface area contributed by atoms with Crippen LogP contribution in [0.3, 0.4) is 0 Å². The summed E-state index contributed by atoms with van der Waals surface area (Å²) >= 11 is 0. The van der Waals surface area contributed by atoms with Gasteiger partial charge in [-0.3, -0.25) is 9.59 Å². The Morgan fingerprint density at radius 2 is 1.82 bits per heavy atom. The number of carboxylic acids is 1. The number of hydrogen-bond acceptors (Lipinski definition) is 8. The van der Waals surface area contributed by atoms with Crippen LogP contribution in [-0.4, -0.2) is 70.4 Å². The summed E-state index contributed by atoms with van der Waals surface area (Å²) < 4.78 is 1.72. The summed E-state index contributed by atoms with van der Waals surface area (Å²) in [5, 5.41) is 31.2. The zero-order chi connectivity index (χ0) is 26.9. The number of amides is 1. The summed E-state index contributed by atoms with van der Waals surface area (Å²) in [4.78, 5) is 39.9. The van der Waals surface area contributed by atoms with Gasteiger partial charge in [-0.25, -0.2) is 15.0 Å². The molecule has 1 aromatic carbocycles. The molecule has 2 fully saturated rings. The Hall–Kier alpha value is -3.57. The minimum atomic E-state index is -1.09. The molecule has 1 amide bonds. The quantitative estimate of drug-likeness (QED) is 0.329. The number of carboxylic acid groups (broad SMARTS) is 1. The van der Waals surface area contributed by atoms with E-state index in [0.29, 0.717) is 17.7 Å². The van der Waals surface area contributed by atoms with E-state index in [9.17, 15) is 24.9 Å². The predicted molar refractivity (Wildman–Crippen MR) is 139 cm³/mol. The topological polar surface area (TPSA) is 168 Å². The van der Waals surface area contributed by atoms with Gasteiger partial charge in [0.1, 0.15) is 17.9 Å². The molecule has 2 aliphatic carbocycles. The number of benzene rings is 1. The SMILES string of the molecule is Nc1ncnc2c1ncn2[C@H]1[C@H](CN(Cc2ccccc2)C(=O)CC2(CC(=O)O)CCCC2)C[C@H](O)[C@@H]1O. The maximum absolute atomic E-state index is 13.8. The number of rotatable bonds is 9. The molecule has 11 nitrogen and oxygen atoms in total. The molecular formula is C27H34N6O5. The number of nitrogen functional groups attached to an aromatic ring is 1. The Labute approximate surface area is 220 Å². The van der Waals surface area contributed by atoms with E-state index in [1.54, 1.807) is 15.8 Å². The minimum Gasteiger partial charge on any atom is -0.481 e. The summed E-state index contributed by atoms with van der Waals surface area (Å²) in [6, 6.07) is 9.04. The van der Waals surface area contributed by atoms with Crippen molar-refractivity contribution in [3.8, 4) is 0 Å². The molecule has 0 unspecified atom stereocenters. The molecule has 3 aromatic rings. The number of nitrogens with zero attached hydrogens (tertiary/aromatic N) is 5. The van der Waals surface area contributed by atoms with Gasteiger partial charge < -0.3 is 30.5 Å². The Morgan fingerprint density at radius 3 is 2.53 bits per heavy atom. The van der Waals surface area contributed by atoms with Crippen LogP contribution < -0.4 is 5.73 Å². The Kier molecular flexibility index (Phi) is 7.31. The third-order valence-corrected chi connectivity index (χ3v) is 8.22. The van der Waals surface area contributed by atoms with E-state index in [-0.39, 0.29) is 43.5 Å². The van der Waals surface area contributed by atoms with Crippen LogP contribution >= 0.6 is 0 Å². The second-order valence-electron chi connectivity index (χ2n) is 10.8. The highest BCUT2D eigenvalue weighted by molar-refractivity contribution is 5.81. The number of hydrogen-bond donors (Lipinski definition) is 4. The van der Waals surface area contributed by atoms with Crippen molar-refractivity contribution < 1.29 is 24.9 Å². The van der Waals surface area contributed by atoms with E-state index >= 15 is 0 Å². The first-order valence-corrected chi connectivity index (χ1v) is 13.1. The summed E-state index contributed by atoms with van der Waals surface area (Å²) in [7, 11) is 0. The van der Waals surface area contributed by atoms with Crippen molar-refractivity contribution in [2.45, 2.75) is 69.7 Å². The van der Waals surface area contributed by atoms with Gasteiger partial charge in [-0.15, -0.1) is 0 Å². The van der Waals surface area contributed by atoms with Gasteiger partial charge in [0.25, 0.3) is 0 Å². The van der Waals surface area contributed by atoms with Gasteiger partial charge in [0.05, 0.1) is 24.9 Å². The van der Waals surface area contributed by atoms with Crippen molar-refractivity contribution in [3.05, 3.63) is 48.5 Å². The second-order valence-corrected chi connectivity index (χ2v) is 10.8. The summed E-state index contributed by atoms with van der Waals surface area (Å²) in [6.45, 7) is 0.619. The highest BCUT2D eigenvalue weighted by Crippen LogP contribution is 2.45. The van der Waals surface area contributed by atoms with Crippen LogP contribution in [0.2, 0.25) is 0 Å². The third kappa shape index (κ3) is 5.21. The molecule has 2 saturated carbocycles. The largest absolute Gasteiger partial charge is 0.481 e. The van der Waals surface area contributed by atoms with Crippen LogP contribution in [0.1, 0.15) is 56.6 Å². The third-order valence-electron chi connectivity index (χ3n) is 8.22. The zero-order valence-corrected chi connectivity index (χ0v) is 21.2. The van der Waals surface area contributed by atoms with Crippen molar-refractivity contribution in [2.75, 3.05) is 12.3 Å². The molecule has 4 atom stereocenters. The van der Waals surface area contributed by atoms with Crippen LogP contribution in [0.25, 0.3) is 11.2 Å². The summed E-state index contributed by atoms with van der Waals surface area (Å²) in [6.07, 6.45) is 4.49. The van der Waals surface area contributed by atoms with Crippen molar-refractivity contribution in [2.24, 2.45) is 11.3 Å². The first-order chi connectivity index (χ1) is 18.3. The van der Waals surface area contributed by atoms with E-state index < -0.39 is 29.6 Å². The first kappa shape index (κ1) is 26.1. The van der Waals surface area contributed by atoms with Gasteiger partial charge in [-0.1, -0.05) is 43.2 Å². The number of carbonyl (C=O) groups excluding carboxylic acids is 1. The Balaban J connectivity index is 1.44. The number of aliphatic hydroxyl groups excluding tert-OH is 2. The average molecular weight is 523 g/mol. The lowest BCUT2D eigenvalue weighted by atomic mass is 9.79. The highest BCUT2D eigenvalue weighted by atomic mass is 16.4. The number of aliphatic hydroxyl groups is 2. The lowest BCUT2D eigenvalue weighted by molar-refractivity contribution is -0.142. The van der Waals surface area contributed by atoms with Crippen molar-refractivity contribution in [1.82, 2.24) is 24.4 Å². The molecule has 5 rings (SSSR count). The maximum Gasteiger partial charge on any atom is 0.303 e. The molecule has 5 N–H and O–H groups in total. The number of anilines is 1. The lowest BCUT2D eigenvalue weighted by Crippen LogP contribution is -2.40. The molecule has 11 heteroatoms. The van der Waals surface area contributed by atoms with Crippen molar-refractivity contribution >= 4 is 28.9 Å². The number of aliphatic carboxylic acids is 1. The van der Waals surface area contributed by atoms with Crippen LogP contribution in [0.4, 0.5) is 5.82 Å². The Morgan fingerprint density at radius 1 is 1.08 bits per heavy atom. The van der Waals surface area contributed by atoms with E-state index in [1.165, 1.54) is 6.33 Å². The summed E-state index contributed by atoms with van der Waals surface area (Å²) in [5.74, 6) is -1.09. The molecule has 0 bridgehead atoms. The molecule has 2 aliphatic rings. The molecule has 0 saturated heterocycles. The van der Waals surface area contributed by atoms with E-state index in [2.05, 4.69) is 15.0 Å². The predicted octanol–water partition coefficient (Wildman–Crippen LogP) is 2.15. The van der Waals surface area contributed by atoms with Crippen LogP contribution in [-0.2, 0) is 16.1 Å². The monoisotopic (exact) mass is 522 g/mol. The van der Waals surface area contributed by atoms with Crippen LogP contribution in [0.15, 0.2) is 43.0 Å². The lowest BCUT2D eigenvalue weighted by Gasteiger charge is -2.34. The van der Waals surface area contributed by atoms with Gasteiger partial charge in [0.15, 0.2) is 11.5 Å². The number of aromatic nitrogens is 4. The standard InChI is InChI=1S/C27H34N6O5/c28-25-22-26(30-15-29-25)33(16-31-22)23-18(10-19(34)24(23)38)14-32(13-17-6-2-1-3-7-17)20(35)11-27(12-21(36)37)8-4-5-9-27/h1-3,6-7,15-16,18-19,23-24,34,38H,4-5,8-14H2,(H,36,37)(H2,28,29,30)/t18-,19-,23-,24-/m0/s1. The first-order valence-electron chi connectivity index (χ1n) is 13.1. The van der Waals surface area contributed by atoms with Gasteiger partial charge in [-0.05, 0) is 30.2 Å². The highest BCUT2D eigenvalue weighted by Gasteiger charge is 2.45. The van der Waals surface area contributed by atoms with Gasteiger partial charge in [0.2, 0.25) is 5.91 Å². The van der Waals surface area contributed by atoms with Gasteiger partial charge >= 0.3 is 5.97 Å². The van der Waals surface area contributed by atoms with Crippen LogP contribution in [0, 0.1) is 11.3 Å². The van der Waals surface area contributed by atoms with E-state index in [0.717, 1.165) is 31.2 Å². The second kappa shape index (κ2) is 10.7. The molecule has 2 aromatic heterocycles. The van der Waals surface area contributed by atoms with E-state index in [1.807, 2.05) is 30.3 Å². The normalized spacial score (nSPS) is 24.6. The number of imidazole rings is 1. The Bertz CT molecular complexity index is 1290. The smallest absolute Gasteiger partial charge is 0.303 e. The number of nitrogens with two attached hydrogens (primary N) is 1. The summed E-state index contributed by atoms with van der Waals surface area (Å²) in [5.41, 5.74) is 7.23. The minimum absolute atomic E-state index is 0.0243. The molecule has 0 aliphatic heterocycles. The van der Waals surface area contributed by atoms with Crippen molar-refractivity contribution in [1.29, 1.82) is 0 Å². The molecular weight excluding hydrogens is 488 g/mol. The molecule has 2 heterocycles.